The van der Waals surface area contributed by atoms with Crippen molar-refractivity contribution in [1.29, 1.82) is 0 Å². The molecule has 5 heteroatoms. The molecular formula is C10H13FN2O2. The Morgan fingerprint density at radius 1 is 1.47 bits per heavy atom. The number of hydrogen-bond acceptors (Lipinski definition) is 3. The summed E-state index contributed by atoms with van der Waals surface area (Å²) in [6.07, 6.45) is 0. The van der Waals surface area contributed by atoms with E-state index in [1.807, 2.05) is 13.8 Å². The van der Waals surface area contributed by atoms with Crippen molar-refractivity contribution in [3.05, 3.63) is 34.1 Å². The molecule has 82 valence electrons. The van der Waals surface area contributed by atoms with E-state index in [4.69, 9.17) is 0 Å². The van der Waals surface area contributed by atoms with Gasteiger partial charge >= 0.3 is 0 Å². The fraction of sp³-hybridized carbons (Fsp3) is 0.400. The highest BCUT2D eigenvalue weighted by Crippen LogP contribution is 2.28. The molecule has 0 atom stereocenters. The van der Waals surface area contributed by atoms with Crippen molar-refractivity contribution >= 4 is 11.4 Å². The van der Waals surface area contributed by atoms with Gasteiger partial charge in [-0.05, 0) is 26.0 Å². The predicted octanol–water partition coefficient (Wildman–Crippen LogP) is 2.58. The van der Waals surface area contributed by atoms with Gasteiger partial charge in [0.1, 0.15) is 11.5 Å². The van der Waals surface area contributed by atoms with E-state index >= 15 is 0 Å². The van der Waals surface area contributed by atoms with Crippen molar-refractivity contribution in [2.75, 3.05) is 11.9 Å². The molecule has 4 nitrogen and oxygen atoms in total. The maximum Gasteiger partial charge on any atom is 0.295 e. The first-order chi connectivity index (χ1) is 6.93. The zero-order valence-corrected chi connectivity index (χ0v) is 8.90. The third kappa shape index (κ3) is 2.43. The third-order valence-electron chi connectivity index (χ3n) is 2.29. The molecule has 0 heterocycles. The van der Waals surface area contributed by atoms with Crippen LogP contribution >= 0.6 is 0 Å². The normalized spacial score (nSPS) is 10.5. The fourth-order valence-electron chi connectivity index (χ4n) is 1.22. The van der Waals surface area contributed by atoms with Crippen LogP contribution in [0.15, 0.2) is 18.2 Å². The molecule has 0 unspecified atom stereocenters. The minimum Gasteiger partial charge on any atom is -0.367 e. The number of nitro benzene ring substituents is 1. The van der Waals surface area contributed by atoms with Crippen LogP contribution in [0, 0.1) is 15.9 Å². The van der Waals surface area contributed by atoms with Crippen LogP contribution in [0.3, 0.4) is 0 Å². The average Bonchev–Trinajstić information content (AvgIpc) is 2.16. The molecule has 0 N–H and O–H groups in total. The van der Waals surface area contributed by atoms with Gasteiger partial charge in [0, 0.05) is 13.1 Å². The van der Waals surface area contributed by atoms with Crippen LogP contribution in [0.2, 0.25) is 0 Å². The molecule has 0 aliphatic rings. The van der Waals surface area contributed by atoms with Crippen LogP contribution < -0.4 is 4.90 Å². The monoisotopic (exact) mass is 212 g/mol. The molecule has 0 bridgehead atoms. The Morgan fingerprint density at radius 3 is 2.53 bits per heavy atom. The molecule has 15 heavy (non-hydrogen) atoms. The van der Waals surface area contributed by atoms with Crippen molar-refractivity contribution in [3.63, 3.8) is 0 Å². The second kappa shape index (κ2) is 4.25. The Labute approximate surface area is 87.5 Å². The van der Waals surface area contributed by atoms with Gasteiger partial charge in [-0.15, -0.1) is 0 Å². The summed E-state index contributed by atoms with van der Waals surface area (Å²) in [7, 11) is 1.74. The van der Waals surface area contributed by atoms with Gasteiger partial charge in [0.2, 0.25) is 0 Å². The molecule has 1 aromatic rings. The van der Waals surface area contributed by atoms with Crippen LogP contribution in [0.5, 0.6) is 0 Å². The molecule has 0 spiro atoms. The van der Waals surface area contributed by atoms with Crippen LogP contribution in [-0.2, 0) is 0 Å². The smallest absolute Gasteiger partial charge is 0.295 e. The van der Waals surface area contributed by atoms with Gasteiger partial charge in [-0.2, -0.15) is 0 Å². The Hall–Kier alpha value is -1.65. The molecule has 0 fully saturated rings. The summed E-state index contributed by atoms with van der Waals surface area (Å²) in [5.74, 6) is -0.595. The summed E-state index contributed by atoms with van der Waals surface area (Å²) in [6, 6.07) is 3.71. The van der Waals surface area contributed by atoms with Crippen LogP contribution in [0.4, 0.5) is 15.8 Å². The zero-order valence-electron chi connectivity index (χ0n) is 8.90. The molecule has 0 saturated carbocycles. The number of anilines is 1. The number of halogens is 1. The van der Waals surface area contributed by atoms with E-state index in [-0.39, 0.29) is 11.7 Å². The Balaban J connectivity index is 3.22. The Morgan fingerprint density at radius 2 is 2.07 bits per heavy atom. The first-order valence-corrected chi connectivity index (χ1v) is 4.60. The molecule has 1 rings (SSSR count). The summed E-state index contributed by atoms with van der Waals surface area (Å²) >= 11 is 0. The average molecular weight is 212 g/mol. The minimum atomic E-state index is -0.595. The number of nitrogens with zero attached hydrogens (tertiary/aromatic N) is 2. The van der Waals surface area contributed by atoms with Crippen LogP contribution in [-0.4, -0.2) is 18.0 Å². The van der Waals surface area contributed by atoms with Crippen molar-refractivity contribution in [2.45, 2.75) is 19.9 Å². The summed E-state index contributed by atoms with van der Waals surface area (Å²) in [4.78, 5) is 11.9. The van der Waals surface area contributed by atoms with E-state index in [1.165, 1.54) is 12.1 Å². The molecule has 0 aliphatic carbocycles. The summed E-state index contributed by atoms with van der Waals surface area (Å²) in [5.41, 5.74) is 0.225. The lowest BCUT2D eigenvalue weighted by Gasteiger charge is -2.23. The van der Waals surface area contributed by atoms with Gasteiger partial charge in [0.15, 0.2) is 0 Å². The van der Waals surface area contributed by atoms with Crippen LogP contribution in [0.25, 0.3) is 0 Å². The van der Waals surface area contributed by atoms with Crippen LogP contribution in [0.1, 0.15) is 13.8 Å². The van der Waals surface area contributed by atoms with Crippen molar-refractivity contribution in [1.82, 2.24) is 0 Å². The van der Waals surface area contributed by atoms with E-state index < -0.39 is 10.7 Å². The lowest BCUT2D eigenvalue weighted by atomic mass is 10.2. The quantitative estimate of drug-likeness (QED) is 0.571. The van der Waals surface area contributed by atoms with E-state index in [9.17, 15) is 14.5 Å². The molecule has 0 saturated heterocycles. The summed E-state index contributed by atoms with van der Waals surface area (Å²) in [5, 5.41) is 10.7. The third-order valence-corrected chi connectivity index (χ3v) is 2.29. The standard InChI is InChI=1S/C10H13FN2O2/c1-7(2)12(3)9-5-4-8(11)6-10(9)13(14)15/h4-7H,1-3H3. The second-order valence-corrected chi connectivity index (χ2v) is 3.59. The summed E-state index contributed by atoms with van der Waals surface area (Å²) in [6.45, 7) is 3.82. The van der Waals surface area contributed by atoms with E-state index in [0.717, 1.165) is 6.07 Å². The number of benzene rings is 1. The highest BCUT2D eigenvalue weighted by Gasteiger charge is 2.19. The van der Waals surface area contributed by atoms with Crippen molar-refractivity contribution in [2.24, 2.45) is 0 Å². The van der Waals surface area contributed by atoms with Gasteiger partial charge < -0.3 is 4.90 Å². The SMILES string of the molecule is CC(C)N(C)c1ccc(F)cc1[N+](=O)[O-]. The molecule has 0 amide bonds. The van der Waals surface area contributed by atoms with Gasteiger partial charge in [-0.25, -0.2) is 4.39 Å². The maximum atomic E-state index is 12.8. The molecule has 0 aromatic heterocycles. The topological polar surface area (TPSA) is 46.4 Å². The highest BCUT2D eigenvalue weighted by atomic mass is 19.1. The fourth-order valence-corrected chi connectivity index (χ4v) is 1.22. The lowest BCUT2D eigenvalue weighted by molar-refractivity contribution is -0.384. The largest absolute Gasteiger partial charge is 0.367 e. The van der Waals surface area contributed by atoms with Gasteiger partial charge in [0.25, 0.3) is 5.69 Å². The number of nitro groups is 1. The zero-order chi connectivity index (χ0) is 11.6. The van der Waals surface area contributed by atoms with Crippen molar-refractivity contribution < 1.29 is 9.31 Å². The molecule has 0 aliphatic heterocycles. The van der Waals surface area contributed by atoms with E-state index in [2.05, 4.69) is 0 Å². The van der Waals surface area contributed by atoms with Gasteiger partial charge in [-0.3, -0.25) is 10.1 Å². The van der Waals surface area contributed by atoms with Crippen molar-refractivity contribution in [3.8, 4) is 0 Å². The first-order valence-electron chi connectivity index (χ1n) is 4.60. The molecule has 0 radical (unpaired) electrons. The molecule has 1 aromatic carbocycles. The lowest BCUT2D eigenvalue weighted by Crippen LogP contribution is -2.26. The maximum absolute atomic E-state index is 12.8. The molecular weight excluding hydrogens is 199 g/mol. The Kier molecular flexibility index (Phi) is 3.24. The van der Waals surface area contributed by atoms with E-state index in [1.54, 1.807) is 11.9 Å². The highest BCUT2D eigenvalue weighted by molar-refractivity contribution is 5.63. The van der Waals surface area contributed by atoms with Gasteiger partial charge in [-0.1, -0.05) is 0 Å². The summed E-state index contributed by atoms with van der Waals surface area (Å²) < 4.78 is 12.8. The van der Waals surface area contributed by atoms with E-state index in [0.29, 0.717) is 5.69 Å². The minimum absolute atomic E-state index is 0.120. The number of rotatable bonds is 3. The first kappa shape index (κ1) is 11.4. The second-order valence-electron chi connectivity index (χ2n) is 3.59. The number of hydrogen-bond donors (Lipinski definition) is 0. The Bertz CT molecular complexity index is 380. The predicted molar refractivity (Wildman–Crippen MR) is 56.6 cm³/mol. The van der Waals surface area contributed by atoms with Gasteiger partial charge in [0.05, 0.1) is 11.0 Å².